The zero-order valence-electron chi connectivity index (χ0n) is 8.80. The normalized spacial score (nSPS) is 16.0. The van der Waals surface area contributed by atoms with Gasteiger partial charge in [0.2, 0.25) is 0 Å². The molecular formula is C10H22O2. The molecule has 0 rings (SSSR count). The molecule has 0 saturated carbocycles. The first-order valence-corrected chi connectivity index (χ1v) is 4.97. The van der Waals surface area contributed by atoms with Crippen LogP contribution in [0.2, 0.25) is 0 Å². The Hall–Kier alpha value is -0.0800. The van der Waals surface area contributed by atoms with E-state index >= 15 is 0 Å². The van der Waals surface area contributed by atoms with Gasteiger partial charge in [0.05, 0.1) is 12.2 Å². The zero-order chi connectivity index (χ0) is 9.40. The van der Waals surface area contributed by atoms with E-state index in [0.29, 0.717) is 12.2 Å². The average molecular weight is 174 g/mol. The summed E-state index contributed by atoms with van der Waals surface area (Å²) in [5, 5.41) is 0. The van der Waals surface area contributed by atoms with Crippen molar-refractivity contribution in [3.63, 3.8) is 0 Å². The first-order chi connectivity index (χ1) is 5.74. The van der Waals surface area contributed by atoms with Crippen molar-refractivity contribution in [2.45, 2.75) is 52.7 Å². The fourth-order valence-electron chi connectivity index (χ4n) is 1.31. The lowest BCUT2D eigenvalue weighted by Gasteiger charge is -2.19. The number of hydrogen-bond donors (Lipinski definition) is 0. The van der Waals surface area contributed by atoms with Crippen LogP contribution in [0.5, 0.6) is 0 Å². The molecule has 74 valence electrons. The molecule has 0 aliphatic rings. The Morgan fingerprint density at radius 1 is 1.00 bits per heavy atom. The smallest absolute Gasteiger partial charge is 0.0597 e. The van der Waals surface area contributed by atoms with Crippen molar-refractivity contribution < 1.29 is 9.47 Å². The topological polar surface area (TPSA) is 18.5 Å². The maximum atomic E-state index is 5.53. The van der Waals surface area contributed by atoms with E-state index in [9.17, 15) is 0 Å². The summed E-state index contributed by atoms with van der Waals surface area (Å²) in [4.78, 5) is 0. The summed E-state index contributed by atoms with van der Waals surface area (Å²) in [6, 6.07) is 0. The van der Waals surface area contributed by atoms with E-state index in [0.717, 1.165) is 26.1 Å². The molecule has 2 atom stereocenters. The van der Waals surface area contributed by atoms with Gasteiger partial charge in [-0.15, -0.1) is 0 Å². The molecule has 0 aromatic rings. The third-order valence-corrected chi connectivity index (χ3v) is 1.90. The Kier molecular flexibility index (Phi) is 7.51. The Labute approximate surface area is 76.3 Å². The number of ether oxygens (including phenoxy) is 2. The summed E-state index contributed by atoms with van der Waals surface area (Å²) >= 11 is 0. The lowest BCUT2D eigenvalue weighted by atomic mass is 10.1. The Bertz CT molecular complexity index is 93.8. The van der Waals surface area contributed by atoms with Crippen LogP contribution < -0.4 is 0 Å². The van der Waals surface area contributed by atoms with Gasteiger partial charge < -0.3 is 9.47 Å². The van der Waals surface area contributed by atoms with Crippen molar-refractivity contribution in [2.24, 2.45) is 0 Å². The van der Waals surface area contributed by atoms with Crippen LogP contribution in [0.4, 0.5) is 0 Å². The van der Waals surface area contributed by atoms with Crippen molar-refractivity contribution in [3.8, 4) is 0 Å². The largest absolute Gasteiger partial charge is 0.379 e. The Balaban J connectivity index is 3.53. The van der Waals surface area contributed by atoms with Crippen LogP contribution in [0.1, 0.15) is 40.5 Å². The minimum Gasteiger partial charge on any atom is -0.379 e. The number of rotatable bonds is 7. The number of hydrogen-bond acceptors (Lipinski definition) is 2. The van der Waals surface area contributed by atoms with Gasteiger partial charge in [-0.3, -0.25) is 0 Å². The van der Waals surface area contributed by atoms with Crippen LogP contribution in [-0.4, -0.2) is 25.4 Å². The molecule has 0 aromatic heterocycles. The van der Waals surface area contributed by atoms with Crippen LogP contribution >= 0.6 is 0 Å². The standard InChI is InChI=1S/C10H22O2/c1-5-10(12-7-3)8-9(4)11-6-2/h9-10H,5-8H2,1-4H3. The third kappa shape index (κ3) is 5.56. The monoisotopic (exact) mass is 174 g/mol. The predicted molar refractivity (Wildman–Crippen MR) is 51.4 cm³/mol. The summed E-state index contributed by atoms with van der Waals surface area (Å²) in [6.45, 7) is 9.91. The van der Waals surface area contributed by atoms with Crippen LogP contribution in [0.25, 0.3) is 0 Å². The summed E-state index contributed by atoms with van der Waals surface area (Å²) in [6.07, 6.45) is 2.78. The molecule has 0 saturated heterocycles. The molecular weight excluding hydrogens is 152 g/mol. The molecule has 0 fully saturated rings. The fraction of sp³-hybridized carbons (Fsp3) is 1.00. The fourth-order valence-corrected chi connectivity index (χ4v) is 1.31. The molecule has 0 aliphatic heterocycles. The quantitative estimate of drug-likeness (QED) is 0.590. The summed E-state index contributed by atoms with van der Waals surface area (Å²) in [5.74, 6) is 0. The van der Waals surface area contributed by atoms with Crippen LogP contribution in [-0.2, 0) is 9.47 Å². The second-order valence-electron chi connectivity index (χ2n) is 2.99. The molecule has 0 spiro atoms. The molecule has 2 unspecified atom stereocenters. The Morgan fingerprint density at radius 3 is 2.00 bits per heavy atom. The maximum absolute atomic E-state index is 5.53. The molecule has 0 N–H and O–H groups in total. The average Bonchev–Trinajstić information content (AvgIpc) is 2.04. The predicted octanol–water partition coefficient (Wildman–Crippen LogP) is 2.62. The highest BCUT2D eigenvalue weighted by Crippen LogP contribution is 2.09. The van der Waals surface area contributed by atoms with E-state index in [-0.39, 0.29) is 0 Å². The maximum Gasteiger partial charge on any atom is 0.0597 e. The summed E-state index contributed by atoms with van der Waals surface area (Å²) < 4.78 is 11.0. The van der Waals surface area contributed by atoms with Crippen molar-refractivity contribution in [1.29, 1.82) is 0 Å². The lowest BCUT2D eigenvalue weighted by Crippen LogP contribution is -2.20. The van der Waals surface area contributed by atoms with E-state index in [4.69, 9.17) is 9.47 Å². The van der Waals surface area contributed by atoms with Gasteiger partial charge >= 0.3 is 0 Å². The Morgan fingerprint density at radius 2 is 1.58 bits per heavy atom. The molecule has 2 heteroatoms. The van der Waals surface area contributed by atoms with Gasteiger partial charge in [0.1, 0.15) is 0 Å². The van der Waals surface area contributed by atoms with E-state index < -0.39 is 0 Å². The van der Waals surface area contributed by atoms with Crippen molar-refractivity contribution >= 4 is 0 Å². The van der Waals surface area contributed by atoms with Crippen LogP contribution in [0.3, 0.4) is 0 Å². The van der Waals surface area contributed by atoms with E-state index in [2.05, 4.69) is 13.8 Å². The van der Waals surface area contributed by atoms with Gasteiger partial charge in [-0.2, -0.15) is 0 Å². The lowest BCUT2D eigenvalue weighted by molar-refractivity contribution is -0.00401. The van der Waals surface area contributed by atoms with Crippen LogP contribution in [0, 0.1) is 0 Å². The first-order valence-electron chi connectivity index (χ1n) is 4.97. The minimum atomic E-state index is 0.325. The highest BCUT2D eigenvalue weighted by atomic mass is 16.5. The van der Waals surface area contributed by atoms with E-state index in [1.807, 2.05) is 13.8 Å². The summed E-state index contributed by atoms with van der Waals surface area (Å²) in [5.41, 5.74) is 0. The molecule has 0 amide bonds. The van der Waals surface area contributed by atoms with Crippen molar-refractivity contribution in [2.75, 3.05) is 13.2 Å². The van der Waals surface area contributed by atoms with Gasteiger partial charge in [-0.1, -0.05) is 6.92 Å². The third-order valence-electron chi connectivity index (χ3n) is 1.90. The van der Waals surface area contributed by atoms with Gasteiger partial charge in [0, 0.05) is 13.2 Å². The molecule has 0 heterocycles. The van der Waals surface area contributed by atoms with Crippen molar-refractivity contribution in [3.05, 3.63) is 0 Å². The highest BCUT2D eigenvalue weighted by molar-refractivity contribution is 4.60. The molecule has 0 bridgehead atoms. The molecule has 0 aliphatic carbocycles. The van der Waals surface area contributed by atoms with Gasteiger partial charge in [-0.05, 0) is 33.6 Å². The van der Waals surface area contributed by atoms with Gasteiger partial charge in [0.15, 0.2) is 0 Å². The van der Waals surface area contributed by atoms with Gasteiger partial charge in [0.25, 0.3) is 0 Å². The first kappa shape index (κ1) is 11.9. The second-order valence-corrected chi connectivity index (χ2v) is 2.99. The summed E-state index contributed by atoms with van der Waals surface area (Å²) in [7, 11) is 0. The molecule has 0 radical (unpaired) electrons. The molecule has 12 heavy (non-hydrogen) atoms. The molecule has 2 nitrogen and oxygen atoms in total. The highest BCUT2D eigenvalue weighted by Gasteiger charge is 2.10. The van der Waals surface area contributed by atoms with E-state index in [1.54, 1.807) is 0 Å². The van der Waals surface area contributed by atoms with Crippen LogP contribution in [0.15, 0.2) is 0 Å². The minimum absolute atomic E-state index is 0.325. The SMILES string of the molecule is CCOC(C)CC(CC)OCC. The van der Waals surface area contributed by atoms with Gasteiger partial charge in [-0.25, -0.2) is 0 Å². The second kappa shape index (κ2) is 7.56. The van der Waals surface area contributed by atoms with E-state index in [1.165, 1.54) is 0 Å². The van der Waals surface area contributed by atoms with Crippen molar-refractivity contribution in [1.82, 2.24) is 0 Å². The zero-order valence-corrected chi connectivity index (χ0v) is 8.80. The molecule has 0 aromatic carbocycles.